The van der Waals surface area contributed by atoms with Gasteiger partial charge in [0, 0.05) is 0 Å². The van der Waals surface area contributed by atoms with Crippen molar-refractivity contribution in [3.05, 3.63) is 36.0 Å². The van der Waals surface area contributed by atoms with E-state index in [4.69, 9.17) is 0 Å². The summed E-state index contributed by atoms with van der Waals surface area (Å²) in [6.45, 7) is 5.23. The molecule has 1 fully saturated rings. The Morgan fingerprint density at radius 1 is 1.33 bits per heavy atom. The van der Waals surface area contributed by atoms with Gasteiger partial charge in [-0.1, -0.05) is 18.7 Å². The monoisotopic (exact) mass is 164 g/mol. The van der Waals surface area contributed by atoms with Crippen molar-refractivity contribution in [2.75, 3.05) is 0 Å². The molecule has 0 bridgehead atoms. The predicted octanol–water partition coefficient (Wildman–Crippen LogP) is 1.13. The normalized spacial score (nSPS) is 21.1. The van der Waals surface area contributed by atoms with Gasteiger partial charge in [-0.3, -0.25) is 0 Å². The van der Waals surface area contributed by atoms with Crippen LogP contribution in [0.3, 0.4) is 0 Å². The number of carbonyl (C=O) groups excluding carboxylic acids is 2. The first kappa shape index (κ1) is 8.46. The number of hydrogen-bond acceptors (Lipinski definition) is 3. The fourth-order valence-corrected chi connectivity index (χ4v) is 0.795. The molecule has 1 saturated heterocycles. The zero-order valence-electron chi connectivity index (χ0n) is 6.66. The van der Waals surface area contributed by atoms with E-state index in [-0.39, 0.29) is 11.1 Å². The van der Waals surface area contributed by atoms with E-state index in [1.807, 2.05) is 6.92 Å². The molecule has 1 rings (SSSR count). The van der Waals surface area contributed by atoms with Crippen LogP contribution in [0.2, 0.25) is 0 Å². The van der Waals surface area contributed by atoms with E-state index in [0.29, 0.717) is 0 Å². The minimum atomic E-state index is -0.657. The van der Waals surface area contributed by atoms with Crippen molar-refractivity contribution in [2.45, 2.75) is 6.92 Å². The fraction of sp³-hybridized carbons (Fsp3) is 0.111. The lowest BCUT2D eigenvalue weighted by molar-refractivity contribution is -0.149. The highest BCUT2D eigenvalue weighted by Crippen LogP contribution is 2.19. The van der Waals surface area contributed by atoms with Crippen LogP contribution in [0.1, 0.15) is 6.92 Å². The summed E-state index contributed by atoms with van der Waals surface area (Å²) in [5, 5.41) is 0. The van der Waals surface area contributed by atoms with Gasteiger partial charge >= 0.3 is 11.9 Å². The topological polar surface area (TPSA) is 43.4 Å². The molecule has 3 nitrogen and oxygen atoms in total. The second-order valence-corrected chi connectivity index (χ2v) is 2.26. The van der Waals surface area contributed by atoms with Crippen molar-refractivity contribution in [1.82, 2.24) is 0 Å². The summed E-state index contributed by atoms with van der Waals surface area (Å²) in [5.41, 5.74) is 0.358. The van der Waals surface area contributed by atoms with E-state index in [0.717, 1.165) is 0 Å². The molecule has 62 valence electrons. The SMILES string of the molecule is C=C1C(=O)OC(=O)/C1=C/C=C\C. The van der Waals surface area contributed by atoms with E-state index in [1.165, 1.54) is 6.08 Å². The van der Waals surface area contributed by atoms with E-state index >= 15 is 0 Å². The fourth-order valence-electron chi connectivity index (χ4n) is 0.795. The van der Waals surface area contributed by atoms with Crippen LogP contribution >= 0.6 is 0 Å². The van der Waals surface area contributed by atoms with Crippen LogP contribution in [0, 0.1) is 0 Å². The van der Waals surface area contributed by atoms with Crippen LogP contribution < -0.4 is 0 Å². The molecular formula is C9H8O3. The van der Waals surface area contributed by atoms with Crippen LogP contribution in [0.5, 0.6) is 0 Å². The number of esters is 2. The molecule has 1 heterocycles. The number of allylic oxidation sites excluding steroid dienone is 3. The van der Waals surface area contributed by atoms with Gasteiger partial charge in [0.2, 0.25) is 0 Å². The molecule has 0 N–H and O–H groups in total. The van der Waals surface area contributed by atoms with E-state index in [1.54, 1.807) is 12.2 Å². The third-order valence-electron chi connectivity index (χ3n) is 1.43. The van der Waals surface area contributed by atoms with Gasteiger partial charge in [-0.15, -0.1) is 0 Å². The van der Waals surface area contributed by atoms with Crippen LogP contribution in [-0.2, 0) is 14.3 Å². The van der Waals surface area contributed by atoms with Crippen molar-refractivity contribution in [3.63, 3.8) is 0 Å². The molecule has 1 aliphatic rings. The Balaban J connectivity index is 2.98. The summed E-state index contributed by atoms with van der Waals surface area (Å²) < 4.78 is 4.30. The summed E-state index contributed by atoms with van der Waals surface area (Å²) >= 11 is 0. The Morgan fingerprint density at radius 2 is 2.00 bits per heavy atom. The number of carbonyl (C=O) groups is 2. The van der Waals surface area contributed by atoms with Crippen LogP contribution in [-0.4, -0.2) is 11.9 Å². The molecule has 0 radical (unpaired) electrons. The third-order valence-corrected chi connectivity index (χ3v) is 1.43. The minimum absolute atomic E-state index is 0.123. The summed E-state index contributed by atoms with van der Waals surface area (Å²) in [5.74, 6) is -1.28. The Morgan fingerprint density at radius 3 is 2.42 bits per heavy atom. The molecule has 3 heteroatoms. The van der Waals surface area contributed by atoms with E-state index in [2.05, 4.69) is 11.3 Å². The highest BCUT2D eigenvalue weighted by molar-refractivity contribution is 6.17. The van der Waals surface area contributed by atoms with Crippen molar-refractivity contribution < 1.29 is 14.3 Å². The molecular weight excluding hydrogens is 156 g/mol. The average Bonchev–Trinajstić information content (AvgIpc) is 2.25. The maximum atomic E-state index is 10.9. The third kappa shape index (κ3) is 1.34. The molecule has 1 aliphatic heterocycles. The van der Waals surface area contributed by atoms with Crippen LogP contribution in [0.15, 0.2) is 36.0 Å². The van der Waals surface area contributed by atoms with Gasteiger partial charge in [-0.05, 0) is 13.0 Å². The molecule has 0 aromatic rings. The Kier molecular flexibility index (Phi) is 2.24. The number of hydrogen-bond donors (Lipinski definition) is 0. The summed E-state index contributed by atoms with van der Waals surface area (Å²) in [6, 6.07) is 0. The molecule has 0 aromatic heterocycles. The highest BCUT2D eigenvalue weighted by Gasteiger charge is 2.30. The second-order valence-electron chi connectivity index (χ2n) is 2.26. The minimum Gasteiger partial charge on any atom is -0.386 e. The van der Waals surface area contributed by atoms with Crippen molar-refractivity contribution >= 4 is 11.9 Å². The van der Waals surface area contributed by atoms with Gasteiger partial charge in [-0.25, -0.2) is 9.59 Å². The number of rotatable bonds is 1. The molecule has 0 aliphatic carbocycles. The van der Waals surface area contributed by atoms with Gasteiger partial charge in [0.1, 0.15) is 0 Å². The van der Waals surface area contributed by atoms with Gasteiger partial charge < -0.3 is 4.74 Å². The largest absolute Gasteiger partial charge is 0.386 e. The molecule has 0 spiro atoms. The molecule has 0 atom stereocenters. The van der Waals surface area contributed by atoms with Crippen molar-refractivity contribution in [1.29, 1.82) is 0 Å². The smallest absolute Gasteiger partial charge is 0.346 e. The highest BCUT2D eigenvalue weighted by atomic mass is 16.6. The van der Waals surface area contributed by atoms with Crippen LogP contribution in [0.25, 0.3) is 0 Å². The quantitative estimate of drug-likeness (QED) is 0.331. The summed E-state index contributed by atoms with van der Waals surface area (Å²) in [7, 11) is 0. The first-order valence-corrected chi connectivity index (χ1v) is 3.45. The zero-order chi connectivity index (χ0) is 9.14. The van der Waals surface area contributed by atoms with Gasteiger partial charge in [0.25, 0.3) is 0 Å². The first-order valence-electron chi connectivity index (χ1n) is 3.45. The lowest BCUT2D eigenvalue weighted by Crippen LogP contribution is -1.96. The van der Waals surface area contributed by atoms with E-state index < -0.39 is 11.9 Å². The summed E-state index contributed by atoms with van der Waals surface area (Å²) in [6.07, 6.45) is 4.91. The van der Waals surface area contributed by atoms with Gasteiger partial charge in [0.15, 0.2) is 0 Å². The maximum Gasteiger partial charge on any atom is 0.346 e. The molecule has 0 unspecified atom stereocenters. The molecule has 0 aromatic carbocycles. The Bertz CT molecular complexity index is 308. The molecule has 0 saturated carbocycles. The van der Waals surface area contributed by atoms with Crippen LogP contribution in [0.4, 0.5) is 0 Å². The number of cyclic esters (lactones) is 2. The van der Waals surface area contributed by atoms with Crippen molar-refractivity contribution in [2.24, 2.45) is 0 Å². The van der Waals surface area contributed by atoms with Crippen molar-refractivity contribution in [3.8, 4) is 0 Å². The van der Waals surface area contributed by atoms with E-state index in [9.17, 15) is 9.59 Å². The maximum absolute atomic E-state index is 10.9. The van der Waals surface area contributed by atoms with Gasteiger partial charge in [0.05, 0.1) is 11.1 Å². The first-order chi connectivity index (χ1) is 5.66. The Labute approximate surface area is 70.0 Å². The standard InChI is InChI=1S/C9H8O3/c1-3-4-5-7-6(2)8(10)12-9(7)11/h3-5H,2H2,1H3/b4-3-,7-5+. The lowest BCUT2D eigenvalue weighted by Gasteiger charge is -1.85. The zero-order valence-corrected chi connectivity index (χ0v) is 6.66. The predicted molar refractivity (Wildman–Crippen MR) is 43.1 cm³/mol. The Hall–Kier alpha value is -1.64. The lowest BCUT2D eigenvalue weighted by atomic mass is 10.1. The second kappa shape index (κ2) is 3.17. The molecule has 12 heavy (non-hydrogen) atoms. The van der Waals surface area contributed by atoms with Gasteiger partial charge in [-0.2, -0.15) is 0 Å². The summed E-state index contributed by atoms with van der Waals surface area (Å²) in [4.78, 5) is 21.6. The number of ether oxygens (including phenoxy) is 1. The molecule has 0 amide bonds. The average molecular weight is 164 g/mol.